The molecule has 0 fully saturated rings. The van der Waals surface area contributed by atoms with Gasteiger partial charge in [-0.3, -0.25) is 0 Å². The van der Waals surface area contributed by atoms with Gasteiger partial charge in [0.05, 0.1) is 5.52 Å². The molecule has 3 aromatic heterocycles. The Labute approximate surface area is 118 Å². The van der Waals surface area contributed by atoms with E-state index in [0.29, 0.717) is 5.65 Å². The van der Waals surface area contributed by atoms with Gasteiger partial charge in [0.15, 0.2) is 5.65 Å². The first-order chi connectivity index (χ1) is 9.74. The van der Waals surface area contributed by atoms with E-state index in [2.05, 4.69) is 39.2 Å². The minimum Gasteiger partial charge on any atom is -0.246 e. The molecule has 0 unspecified atom stereocenters. The lowest BCUT2D eigenvalue weighted by Gasteiger charge is -2.06. The Kier molecular flexibility index (Phi) is 2.31. The highest BCUT2D eigenvalue weighted by molar-refractivity contribution is 7.08. The lowest BCUT2D eigenvalue weighted by atomic mass is 10.0. The normalized spacial score (nSPS) is 11.4. The highest BCUT2D eigenvalue weighted by atomic mass is 32.1. The maximum absolute atomic E-state index is 11.9. The van der Waals surface area contributed by atoms with Crippen LogP contribution in [0.4, 0.5) is 0 Å². The Morgan fingerprint density at radius 1 is 1.20 bits per heavy atom. The van der Waals surface area contributed by atoms with Crippen molar-refractivity contribution in [2.75, 3.05) is 0 Å². The molecular formula is C15H11N3OS. The second-order valence-electron chi connectivity index (χ2n) is 4.79. The number of aromatic nitrogens is 3. The smallest absolute Gasteiger partial charge is 0.246 e. The fourth-order valence-electron chi connectivity index (χ4n) is 2.57. The number of H-pyrrole nitrogens is 1. The van der Waals surface area contributed by atoms with Gasteiger partial charge in [-0.25, -0.2) is 14.3 Å². The van der Waals surface area contributed by atoms with Crippen molar-refractivity contribution in [3.05, 3.63) is 57.1 Å². The van der Waals surface area contributed by atoms with Crippen molar-refractivity contribution in [2.24, 2.45) is 0 Å². The third-order valence-corrected chi connectivity index (χ3v) is 4.25. The van der Waals surface area contributed by atoms with E-state index in [1.165, 1.54) is 5.56 Å². The SMILES string of the molecule is Cc1cc2n[nH]c(=O)n2c2cc(-c3ccsc3)ccc12. The summed E-state index contributed by atoms with van der Waals surface area (Å²) in [5.41, 5.74) is 4.74. The number of aryl methyl sites for hydroxylation is 1. The molecule has 0 saturated carbocycles. The summed E-state index contributed by atoms with van der Waals surface area (Å²) in [6, 6.07) is 10.2. The summed E-state index contributed by atoms with van der Waals surface area (Å²) in [7, 11) is 0. The van der Waals surface area contributed by atoms with Gasteiger partial charge in [-0.05, 0) is 52.6 Å². The zero-order chi connectivity index (χ0) is 13.7. The summed E-state index contributed by atoms with van der Waals surface area (Å²) in [5.74, 6) is 0. The summed E-state index contributed by atoms with van der Waals surface area (Å²) in [6.07, 6.45) is 0. The van der Waals surface area contributed by atoms with Crippen LogP contribution in [0.5, 0.6) is 0 Å². The Morgan fingerprint density at radius 3 is 2.90 bits per heavy atom. The number of fused-ring (bicyclic) bond motifs is 3. The first kappa shape index (κ1) is 11.4. The van der Waals surface area contributed by atoms with E-state index in [9.17, 15) is 4.79 Å². The molecule has 20 heavy (non-hydrogen) atoms. The predicted octanol–water partition coefficient (Wildman–Crippen LogP) is 3.21. The van der Waals surface area contributed by atoms with Gasteiger partial charge < -0.3 is 0 Å². The lowest BCUT2D eigenvalue weighted by Crippen LogP contribution is -2.10. The molecule has 0 spiro atoms. The number of benzene rings is 1. The molecule has 0 radical (unpaired) electrons. The zero-order valence-corrected chi connectivity index (χ0v) is 11.6. The van der Waals surface area contributed by atoms with Crippen molar-refractivity contribution in [1.29, 1.82) is 0 Å². The molecule has 98 valence electrons. The predicted molar refractivity (Wildman–Crippen MR) is 81.4 cm³/mol. The van der Waals surface area contributed by atoms with Crippen LogP contribution in [0, 0.1) is 6.92 Å². The Balaban J connectivity index is 2.17. The molecule has 0 aliphatic carbocycles. The van der Waals surface area contributed by atoms with Crippen LogP contribution in [0.25, 0.3) is 27.7 Å². The molecule has 0 atom stereocenters. The molecule has 4 nitrogen and oxygen atoms in total. The molecule has 5 heteroatoms. The average molecular weight is 281 g/mol. The van der Waals surface area contributed by atoms with Gasteiger partial charge in [0, 0.05) is 5.39 Å². The number of nitrogens with zero attached hydrogens (tertiary/aromatic N) is 2. The van der Waals surface area contributed by atoms with Crippen LogP contribution in [0.15, 0.2) is 45.9 Å². The molecule has 1 aromatic carbocycles. The number of pyridine rings is 1. The Hall–Kier alpha value is -2.40. The van der Waals surface area contributed by atoms with Gasteiger partial charge in [0.25, 0.3) is 0 Å². The fourth-order valence-corrected chi connectivity index (χ4v) is 3.23. The highest BCUT2D eigenvalue weighted by Crippen LogP contribution is 2.27. The van der Waals surface area contributed by atoms with E-state index in [1.807, 2.05) is 19.1 Å². The molecule has 0 aliphatic rings. The van der Waals surface area contributed by atoms with Crippen LogP contribution < -0.4 is 5.69 Å². The lowest BCUT2D eigenvalue weighted by molar-refractivity contribution is 1.04. The number of hydrogen-bond donors (Lipinski definition) is 1. The maximum atomic E-state index is 11.9. The minimum atomic E-state index is -0.201. The van der Waals surface area contributed by atoms with Gasteiger partial charge in [-0.15, -0.1) is 0 Å². The average Bonchev–Trinajstić information content (AvgIpc) is 3.09. The van der Waals surface area contributed by atoms with Gasteiger partial charge in [0.1, 0.15) is 0 Å². The van der Waals surface area contributed by atoms with E-state index >= 15 is 0 Å². The third kappa shape index (κ3) is 1.53. The maximum Gasteiger partial charge on any atom is 0.348 e. The van der Waals surface area contributed by atoms with Crippen LogP contribution >= 0.6 is 11.3 Å². The standard InChI is InChI=1S/C15H11N3OS/c1-9-6-14-16-17-15(19)18(14)13-7-10(2-3-12(9)13)11-4-5-20-8-11/h2-8H,1H3,(H,17,19). The van der Waals surface area contributed by atoms with Crippen molar-refractivity contribution >= 4 is 27.9 Å². The summed E-state index contributed by atoms with van der Waals surface area (Å²) in [4.78, 5) is 11.9. The second kappa shape index (κ2) is 4.05. The minimum absolute atomic E-state index is 0.201. The van der Waals surface area contributed by atoms with E-state index in [0.717, 1.165) is 22.0 Å². The fraction of sp³-hybridized carbons (Fsp3) is 0.0667. The molecule has 3 heterocycles. The Bertz CT molecular complexity index is 980. The van der Waals surface area contributed by atoms with E-state index in [1.54, 1.807) is 15.7 Å². The summed E-state index contributed by atoms with van der Waals surface area (Å²) < 4.78 is 1.62. The van der Waals surface area contributed by atoms with Crippen LogP contribution in [0.2, 0.25) is 0 Å². The van der Waals surface area contributed by atoms with E-state index < -0.39 is 0 Å². The molecular weight excluding hydrogens is 270 g/mol. The molecule has 0 amide bonds. The van der Waals surface area contributed by atoms with Crippen molar-refractivity contribution in [2.45, 2.75) is 6.92 Å². The van der Waals surface area contributed by atoms with Crippen LogP contribution in [0.1, 0.15) is 5.56 Å². The second-order valence-corrected chi connectivity index (χ2v) is 5.57. The van der Waals surface area contributed by atoms with Gasteiger partial charge in [0.2, 0.25) is 0 Å². The van der Waals surface area contributed by atoms with Gasteiger partial charge in [-0.2, -0.15) is 16.4 Å². The quantitative estimate of drug-likeness (QED) is 0.582. The number of rotatable bonds is 1. The summed E-state index contributed by atoms with van der Waals surface area (Å²) in [6.45, 7) is 2.03. The van der Waals surface area contributed by atoms with Crippen molar-refractivity contribution < 1.29 is 0 Å². The van der Waals surface area contributed by atoms with Gasteiger partial charge >= 0.3 is 5.69 Å². The van der Waals surface area contributed by atoms with E-state index in [4.69, 9.17) is 0 Å². The molecule has 0 bridgehead atoms. The largest absolute Gasteiger partial charge is 0.348 e. The van der Waals surface area contributed by atoms with Crippen LogP contribution in [0.3, 0.4) is 0 Å². The van der Waals surface area contributed by atoms with Crippen molar-refractivity contribution in [3.8, 4) is 11.1 Å². The van der Waals surface area contributed by atoms with E-state index in [-0.39, 0.29) is 5.69 Å². The number of aromatic amines is 1. The topological polar surface area (TPSA) is 50.2 Å². The molecule has 1 N–H and O–H groups in total. The molecule has 4 aromatic rings. The third-order valence-electron chi connectivity index (χ3n) is 3.56. The zero-order valence-electron chi connectivity index (χ0n) is 10.8. The first-order valence-corrected chi connectivity index (χ1v) is 7.21. The van der Waals surface area contributed by atoms with Crippen molar-refractivity contribution in [1.82, 2.24) is 14.6 Å². The molecule has 4 rings (SSSR count). The van der Waals surface area contributed by atoms with Gasteiger partial charge in [-0.1, -0.05) is 12.1 Å². The first-order valence-electron chi connectivity index (χ1n) is 6.27. The van der Waals surface area contributed by atoms with Crippen molar-refractivity contribution in [3.63, 3.8) is 0 Å². The Morgan fingerprint density at radius 2 is 2.10 bits per heavy atom. The molecule has 0 aliphatic heterocycles. The monoisotopic (exact) mass is 281 g/mol. The van der Waals surface area contributed by atoms with Crippen LogP contribution in [-0.2, 0) is 0 Å². The molecule has 0 saturated heterocycles. The number of thiophene rings is 1. The number of nitrogens with one attached hydrogen (secondary N) is 1. The summed E-state index contributed by atoms with van der Waals surface area (Å²) in [5, 5.41) is 11.8. The summed E-state index contributed by atoms with van der Waals surface area (Å²) >= 11 is 1.66. The highest BCUT2D eigenvalue weighted by Gasteiger charge is 2.09. The van der Waals surface area contributed by atoms with Crippen LogP contribution in [-0.4, -0.2) is 14.6 Å². The number of hydrogen-bond acceptors (Lipinski definition) is 3.